The van der Waals surface area contributed by atoms with Crippen LogP contribution >= 0.6 is 0 Å². The first-order valence-corrected chi connectivity index (χ1v) is 5.20. The molecule has 3 nitrogen and oxygen atoms in total. The van der Waals surface area contributed by atoms with Crippen LogP contribution in [0.25, 0.3) is 0 Å². The van der Waals surface area contributed by atoms with E-state index in [1.165, 1.54) is 6.07 Å². The first-order chi connectivity index (χ1) is 7.95. The van der Waals surface area contributed by atoms with E-state index in [0.717, 1.165) is 12.5 Å². The lowest BCUT2D eigenvalue weighted by Gasteiger charge is -2.21. The highest BCUT2D eigenvalue weighted by Gasteiger charge is 2.15. The van der Waals surface area contributed by atoms with E-state index in [1.807, 2.05) is 6.92 Å². The molecule has 1 aromatic carbocycles. The van der Waals surface area contributed by atoms with Crippen LogP contribution in [0.2, 0.25) is 0 Å². The molecule has 0 aliphatic carbocycles. The van der Waals surface area contributed by atoms with Crippen LogP contribution in [0.15, 0.2) is 12.1 Å². The van der Waals surface area contributed by atoms with Crippen molar-refractivity contribution < 1.29 is 17.9 Å². The molecule has 0 bridgehead atoms. The maximum absolute atomic E-state index is 13.3. The largest absolute Gasteiger partial charge is 0.432 e. The van der Waals surface area contributed by atoms with E-state index < -0.39 is 18.2 Å². The monoisotopic (exact) mass is 248 g/mol. The van der Waals surface area contributed by atoms with Gasteiger partial charge in [0.15, 0.2) is 11.6 Å². The van der Waals surface area contributed by atoms with Gasteiger partial charge >= 0.3 is 6.61 Å². The van der Waals surface area contributed by atoms with Crippen LogP contribution < -0.4 is 15.4 Å². The van der Waals surface area contributed by atoms with Gasteiger partial charge in [-0.05, 0) is 6.42 Å². The van der Waals surface area contributed by atoms with E-state index in [9.17, 15) is 13.2 Å². The standard InChI is InChI=1S/C11H15F3N2O/c1-3-4-16(2)9-6-10(17-11(13)14)7(12)5-8(9)15/h5-6,11H,3-4,15H2,1-2H3. The summed E-state index contributed by atoms with van der Waals surface area (Å²) in [4.78, 5) is 1.76. The Kier molecular flexibility index (Phi) is 4.48. The molecule has 0 aliphatic heterocycles. The molecule has 0 radical (unpaired) electrons. The smallest absolute Gasteiger partial charge is 0.387 e. The minimum atomic E-state index is -3.06. The maximum atomic E-state index is 13.3. The predicted octanol–water partition coefficient (Wildman–Crippen LogP) is 2.86. The second-order valence-electron chi connectivity index (χ2n) is 3.64. The summed E-state index contributed by atoms with van der Waals surface area (Å²) in [7, 11) is 1.75. The highest BCUT2D eigenvalue weighted by atomic mass is 19.3. The van der Waals surface area contributed by atoms with E-state index in [4.69, 9.17) is 5.73 Å². The second kappa shape index (κ2) is 5.65. The fraction of sp³-hybridized carbons (Fsp3) is 0.455. The molecule has 1 rings (SSSR count). The van der Waals surface area contributed by atoms with Crippen molar-refractivity contribution in [2.24, 2.45) is 0 Å². The zero-order valence-electron chi connectivity index (χ0n) is 9.71. The molecule has 0 saturated heterocycles. The minimum absolute atomic E-state index is 0.195. The molecule has 6 heteroatoms. The van der Waals surface area contributed by atoms with Gasteiger partial charge in [-0.3, -0.25) is 0 Å². The van der Waals surface area contributed by atoms with Gasteiger partial charge in [0.05, 0.1) is 11.4 Å². The summed E-state index contributed by atoms with van der Waals surface area (Å²) in [6.45, 7) is -0.408. The highest BCUT2D eigenvalue weighted by Crippen LogP contribution is 2.31. The van der Waals surface area contributed by atoms with Gasteiger partial charge in [0, 0.05) is 25.7 Å². The summed E-state index contributed by atoms with van der Waals surface area (Å²) in [5.41, 5.74) is 6.30. The van der Waals surface area contributed by atoms with E-state index in [2.05, 4.69) is 4.74 Å². The number of rotatable bonds is 5. The summed E-state index contributed by atoms with van der Waals surface area (Å²) in [6, 6.07) is 2.17. The zero-order valence-corrected chi connectivity index (χ0v) is 9.71. The maximum Gasteiger partial charge on any atom is 0.387 e. The number of halogens is 3. The summed E-state index contributed by atoms with van der Waals surface area (Å²) in [6.07, 6.45) is 0.859. The molecule has 0 saturated carbocycles. The lowest BCUT2D eigenvalue weighted by molar-refractivity contribution is -0.0521. The number of nitrogens with zero attached hydrogens (tertiary/aromatic N) is 1. The number of hydrogen-bond acceptors (Lipinski definition) is 3. The summed E-state index contributed by atoms with van der Waals surface area (Å²) >= 11 is 0. The molecule has 1 aromatic rings. The van der Waals surface area contributed by atoms with Gasteiger partial charge in [-0.2, -0.15) is 8.78 Å². The molecular formula is C11H15F3N2O. The first kappa shape index (κ1) is 13.5. The molecule has 0 aliphatic rings. The van der Waals surface area contributed by atoms with Crippen molar-refractivity contribution in [2.45, 2.75) is 20.0 Å². The molecule has 0 fully saturated rings. The second-order valence-corrected chi connectivity index (χ2v) is 3.64. The summed E-state index contributed by atoms with van der Waals surface area (Å²) in [5, 5.41) is 0. The highest BCUT2D eigenvalue weighted by molar-refractivity contribution is 5.69. The average Bonchev–Trinajstić information content (AvgIpc) is 2.21. The summed E-state index contributed by atoms with van der Waals surface area (Å²) in [5.74, 6) is -1.39. The molecule has 0 amide bonds. The normalized spacial score (nSPS) is 10.7. The van der Waals surface area contributed by atoms with Gasteiger partial charge in [0.25, 0.3) is 0 Å². The Morgan fingerprint density at radius 1 is 1.41 bits per heavy atom. The Morgan fingerprint density at radius 3 is 2.59 bits per heavy atom. The number of hydrogen-bond donors (Lipinski definition) is 1. The first-order valence-electron chi connectivity index (χ1n) is 5.20. The molecule has 0 aromatic heterocycles. The third-order valence-corrected chi connectivity index (χ3v) is 2.27. The Morgan fingerprint density at radius 2 is 2.06 bits per heavy atom. The average molecular weight is 248 g/mol. The van der Waals surface area contributed by atoms with E-state index in [1.54, 1.807) is 11.9 Å². The number of alkyl halides is 2. The molecule has 0 atom stereocenters. The number of anilines is 2. The van der Waals surface area contributed by atoms with Gasteiger partial charge in [0.2, 0.25) is 0 Å². The van der Waals surface area contributed by atoms with Crippen LogP contribution in [0.3, 0.4) is 0 Å². The quantitative estimate of drug-likeness (QED) is 0.814. The fourth-order valence-corrected chi connectivity index (χ4v) is 1.53. The van der Waals surface area contributed by atoms with E-state index >= 15 is 0 Å². The number of nitrogens with two attached hydrogens (primary N) is 1. The van der Waals surface area contributed by atoms with Gasteiger partial charge in [0.1, 0.15) is 0 Å². The Hall–Kier alpha value is -1.59. The number of nitrogen functional groups attached to an aromatic ring is 1. The summed E-state index contributed by atoms with van der Waals surface area (Å²) < 4.78 is 41.5. The van der Waals surface area contributed by atoms with Crippen molar-refractivity contribution in [2.75, 3.05) is 24.2 Å². The number of benzene rings is 1. The van der Waals surface area contributed by atoms with Crippen LogP contribution in [0.5, 0.6) is 5.75 Å². The number of ether oxygens (including phenoxy) is 1. The molecule has 17 heavy (non-hydrogen) atoms. The topological polar surface area (TPSA) is 38.5 Å². The van der Waals surface area contributed by atoms with E-state index in [-0.39, 0.29) is 5.69 Å². The van der Waals surface area contributed by atoms with Gasteiger partial charge in [-0.15, -0.1) is 0 Å². The fourth-order valence-electron chi connectivity index (χ4n) is 1.53. The molecular weight excluding hydrogens is 233 g/mol. The van der Waals surface area contributed by atoms with Crippen LogP contribution in [0, 0.1) is 5.82 Å². The predicted molar refractivity (Wildman–Crippen MR) is 61.0 cm³/mol. The Labute approximate surface area is 98.0 Å². The molecule has 0 heterocycles. The van der Waals surface area contributed by atoms with Crippen molar-refractivity contribution in [3.8, 4) is 5.75 Å². The SMILES string of the molecule is CCCN(C)c1cc(OC(F)F)c(F)cc1N. The van der Waals surface area contributed by atoms with Crippen LogP contribution in [-0.2, 0) is 0 Å². The van der Waals surface area contributed by atoms with Crippen molar-refractivity contribution in [3.05, 3.63) is 17.9 Å². The van der Waals surface area contributed by atoms with Crippen LogP contribution in [-0.4, -0.2) is 20.2 Å². The lowest BCUT2D eigenvalue weighted by atomic mass is 10.2. The van der Waals surface area contributed by atoms with Crippen molar-refractivity contribution in [1.29, 1.82) is 0 Å². The van der Waals surface area contributed by atoms with Crippen LogP contribution in [0.1, 0.15) is 13.3 Å². The van der Waals surface area contributed by atoms with Crippen molar-refractivity contribution in [1.82, 2.24) is 0 Å². The molecule has 2 N–H and O–H groups in total. The third kappa shape index (κ3) is 3.44. The molecule has 96 valence electrons. The zero-order chi connectivity index (χ0) is 13.0. The van der Waals surface area contributed by atoms with Crippen molar-refractivity contribution >= 4 is 11.4 Å². The van der Waals surface area contributed by atoms with Gasteiger partial charge in [-0.25, -0.2) is 4.39 Å². The molecule has 0 unspecified atom stereocenters. The Bertz CT molecular complexity index is 385. The van der Waals surface area contributed by atoms with E-state index in [0.29, 0.717) is 12.2 Å². The van der Waals surface area contributed by atoms with Gasteiger partial charge < -0.3 is 15.4 Å². The molecule has 0 spiro atoms. The van der Waals surface area contributed by atoms with Crippen LogP contribution in [0.4, 0.5) is 24.5 Å². The van der Waals surface area contributed by atoms with Crippen molar-refractivity contribution in [3.63, 3.8) is 0 Å². The minimum Gasteiger partial charge on any atom is -0.432 e. The van der Waals surface area contributed by atoms with Gasteiger partial charge in [-0.1, -0.05) is 6.92 Å². The lowest BCUT2D eigenvalue weighted by Crippen LogP contribution is -2.19. The Balaban J connectivity index is 3.05. The third-order valence-electron chi connectivity index (χ3n) is 2.27.